The van der Waals surface area contributed by atoms with Gasteiger partial charge in [0.05, 0.1) is 5.83 Å². The maximum absolute atomic E-state index is 12.9. The number of nitrogens with one attached hydrogen (secondary N) is 1. The Balaban J connectivity index is 2.85. The van der Waals surface area contributed by atoms with Crippen LogP contribution in [0.25, 0.3) is 0 Å². The van der Waals surface area contributed by atoms with Crippen LogP contribution in [0.4, 0.5) is 4.39 Å². The first kappa shape index (κ1) is 16.0. The number of thiazole rings is 1. The molecule has 0 saturated carbocycles. The molecule has 0 bridgehead atoms. The van der Waals surface area contributed by atoms with E-state index in [1.165, 1.54) is 24.3 Å². The highest BCUT2D eigenvalue weighted by molar-refractivity contribution is 9.11. The summed E-state index contributed by atoms with van der Waals surface area (Å²) in [4.78, 5) is 8.42. The quantitative estimate of drug-likeness (QED) is 0.508. The van der Waals surface area contributed by atoms with Gasteiger partial charge in [0.1, 0.15) is 0 Å². The van der Waals surface area contributed by atoms with Crippen LogP contribution >= 0.6 is 27.3 Å². The molecule has 0 amide bonds. The SMILES string of the molecule is CN=C(NC(C)C(C)=C(Br)/C=C(\C)F)c1nccs1. The minimum absolute atomic E-state index is 0.0209. The summed E-state index contributed by atoms with van der Waals surface area (Å²) < 4.78 is 13.6. The monoisotopic (exact) mass is 345 g/mol. The van der Waals surface area contributed by atoms with Crippen molar-refractivity contribution in [1.29, 1.82) is 0 Å². The van der Waals surface area contributed by atoms with Crippen LogP contribution in [0.3, 0.4) is 0 Å². The molecule has 1 aromatic rings. The van der Waals surface area contributed by atoms with E-state index in [1.54, 1.807) is 13.2 Å². The average Bonchev–Trinajstić information content (AvgIpc) is 2.87. The minimum Gasteiger partial charge on any atom is -0.362 e. The van der Waals surface area contributed by atoms with Gasteiger partial charge in [0.2, 0.25) is 0 Å². The molecular formula is C13H17BrFN3S. The summed E-state index contributed by atoms with van der Waals surface area (Å²) in [6.07, 6.45) is 3.20. The lowest BCUT2D eigenvalue weighted by molar-refractivity contribution is 0.640. The predicted molar refractivity (Wildman–Crippen MR) is 83.7 cm³/mol. The van der Waals surface area contributed by atoms with E-state index in [0.717, 1.165) is 20.9 Å². The first-order valence-corrected chi connectivity index (χ1v) is 7.46. The number of aromatic nitrogens is 1. The fourth-order valence-electron chi connectivity index (χ4n) is 1.37. The molecule has 0 radical (unpaired) electrons. The Labute approximate surface area is 125 Å². The zero-order valence-corrected chi connectivity index (χ0v) is 13.8. The minimum atomic E-state index is -0.234. The summed E-state index contributed by atoms with van der Waals surface area (Å²) in [6, 6.07) is 0.0209. The van der Waals surface area contributed by atoms with Crippen LogP contribution in [0.1, 0.15) is 25.8 Å². The van der Waals surface area contributed by atoms with Crippen molar-refractivity contribution < 1.29 is 4.39 Å². The lowest BCUT2D eigenvalue weighted by Gasteiger charge is -2.17. The van der Waals surface area contributed by atoms with E-state index in [0.29, 0.717) is 0 Å². The number of rotatable bonds is 4. The van der Waals surface area contributed by atoms with Gasteiger partial charge in [0.25, 0.3) is 0 Å². The molecule has 1 atom stereocenters. The van der Waals surface area contributed by atoms with Crippen molar-refractivity contribution in [1.82, 2.24) is 10.3 Å². The Morgan fingerprint density at radius 3 is 2.74 bits per heavy atom. The number of nitrogens with zero attached hydrogens (tertiary/aromatic N) is 2. The Morgan fingerprint density at radius 1 is 1.58 bits per heavy atom. The van der Waals surface area contributed by atoms with Crippen LogP contribution < -0.4 is 5.32 Å². The molecule has 1 heterocycles. The van der Waals surface area contributed by atoms with Gasteiger partial charge in [-0.3, -0.25) is 4.99 Å². The molecule has 0 aromatic carbocycles. The normalized spacial score (nSPS) is 16.1. The van der Waals surface area contributed by atoms with Gasteiger partial charge in [-0.25, -0.2) is 9.37 Å². The third-order valence-electron chi connectivity index (χ3n) is 2.56. The third kappa shape index (κ3) is 4.87. The van der Waals surface area contributed by atoms with Crippen LogP contribution in [0, 0.1) is 0 Å². The van der Waals surface area contributed by atoms with Gasteiger partial charge in [0, 0.05) is 29.1 Å². The smallest absolute Gasteiger partial charge is 0.158 e. The Hall–Kier alpha value is -1.01. The van der Waals surface area contributed by atoms with E-state index in [9.17, 15) is 4.39 Å². The molecule has 0 spiro atoms. The predicted octanol–water partition coefficient (Wildman–Crippen LogP) is 4.04. The molecule has 6 heteroatoms. The van der Waals surface area contributed by atoms with E-state index in [1.807, 2.05) is 19.2 Å². The van der Waals surface area contributed by atoms with Crippen LogP contribution in [0.2, 0.25) is 0 Å². The van der Waals surface area contributed by atoms with Gasteiger partial charge in [-0.15, -0.1) is 11.3 Å². The first-order valence-electron chi connectivity index (χ1n) is 5.79. The average molecular weight is 346 g/mol. The molecule has 0 fully saturated rings. The molecule has 1 N–H and O–H groups in total. The van der Waals surface area contributed by atoms with Crippen molar-refractivity contribution in [3.63, 3.8) is 0 Å². The number of amidine groups is 1. The summed E-state index contributed by atoms with van der Waals surface area (Å²) >= 11 is 4.90. The van der Waals surface area contributed by atoms with Gasteiger partial charge in [-0.05, 0) is 32.4 Å². The second-order valence-electron chi connectivity index (χ2n) is 4.04. The number of hydrogen-bond donors (Lipinski definition) is 1. The highest BCUT2D eigenvalue weighted by Gasteiger charge is 2.12. The molecule has 0 aliphatic carbocycles. The van der Waals surface area contributed by atoms with Gasteiger partial charge in [0.15, 0.2) is 10.8 Å². The molecule has 0 saturated heterocycles. The molecule has 104 valence electrons. The van der Waals surface area contributed by atoms with E-state index in [4.69, 9.17) is 0 Å². The number of halogens is 2. The highest BCUT2D eigenvalue weighted by Crippen LogP contribution is 2.19. The summed E-state index contributed by atoms with van der Waals surface area (Å²) in [5, 5.41) is 6.03. The van der Waals surface area contributed by atoms with Crippen LogP contribution in [0.15, 0.2) is 38.5 Å². The maximum atomic E-state index is 12.9. The topological polar surface area (TPSA) is 37.3 Å². The number of allylic oxidation sites excluding steroid dienone is 3. The van der Waals surface area contributed by atoms with Crippen molar-refractivity contribution in [2.75, 3.05) is 7.05 Å². The fraction of sp³-hybridized carbons (Fsp3) is 0.385. The van der Waals surface area contributed by atoms with Gasteiger partial charge < -0.3 is 5.32 Å². The van der Waals surface area contributed by atoms with Crippen molar-refractivity contribution >= 4 is 33.1 Å². The van der Waals surface area contributed by atoms with E-state index in [2.05, 4.69) is 31.2 Å². The van der Waals surface area contributed by atoms with Crippen molar-refractivity contribution in [3.05, 3.63) is 38.5 Å². The highest BCUT2D eigenvalue weighted by atomic mass is 79.9. The standard InChI is InChI=1S/C13H17BrFN3S/c1-8(15)7-11(14)9(2)10(3)18-12(16-4)13-17-5-6-19-13/h5-7,10H,1-4H3,(H,16,18)/b8-7+,11-9?. The molecule has 19 heavy (non-hydrogen) atoms. The molecule has 1 rings (SSSR count). The number of aliphatic imine (C=N–C) groups is 1. The van der Waals surface area contributed by atoms with Gasteiger partial charge in [-0.1, -0.05) is 15.9 Å². The zero-order valence-electron chi connectivity index (χ0n) is 11.4. The summed E-state index contributed by atoms with van der Waals surface area (Å²) in [5.41, 5.74) is 0.995. The zero-order chi connectivity index (χ0) is 14.4. The maximum Gasteiger partial charge on any atom is 0.158 e. The van der Waals surface area contributed by atoms with Crippen molar-refractivity contribution in [2.45, 2.75) is 26.8 Å². The van der Waals surface area contributed by atoms with Crippen LogP contribution in [-0.2, 0) is 0 Å². The molecule has 0 aliphatic rings. The number of hydrogen-bond acceptors (Lipinski definition) is 3. The summed E-state index contributed by atoms with van der Waals surface area (Å²) in [6.45, 7) is 5.36. The van der Waals surface area contributed by atoms with E-state index < -0.39 is 0 Å². The molecule has 3 nitrogen and oxygen atoms in total. The lowest BCUT2D eigenvalue weighted by Crippen LogP contribution is -2.34. The fourth-order valence-corrected chi connectivity index (χ4v) is 2.66. The van der Waals surface area contributed by atoms with E-state index >= 15 is 0 Å². The Morgan fingerprint density at radius 2 is 2.26 bits per heavy atom. The van der Waals surface area contributed by atoms with Crippen molar-refractivity contribution in [3.8, 4) is 0 Å². The molecule has 1 unspecified atom stereocenters. The summed E-state index contributed by atoms with van der Waals surface area (Å²) in [7, 11) is 1.72. The lowest BCUT2D eigenvalue weighted by atomic mass is 10.1. The molecule has 1 aromatic heterocycles. The third-order valence-corrected chi connectivity index (χ3v) is 4.20. The Kier molecular flexibility index (Phi) is 6.37. The van der Waals surface area contributed by atoms with E-state index in [-0.39, 0.29) is 11.9 Å². The molecule has 0 aliphatic heterocycles. The van der Waals surface area contributed by atoms with Gasteiger partial charge in [-0.2, -0.15) is 0 Å². The summed E-state index contributed by atoms with van der Waals surface area (Å²) in [5.74, 6) is 0.505. The second kappa shape index (κ2) is 7.55. The van der Waals surface area contributed by atoms with Crippen molar-refractivity contribution in [2.24, 2.45) is 4.99 Å². The molecular weight excluding hydrogens is 329 g/mol. The Bertz CT molecular complexity index is 502. The second-order valence-corrected chi connectivity index (χ2v) is 5.79. The van der Waals surface area contributed by atoms with Gasteiger partial charge >= 0.3 is 0 Å². The van der Waals surface area contributed by atoms with Crippen LogP contribution in [-0.4, -0.2) is 23.9 Å². The largest absolute Gasteiger partial charge is 0.362 e. The first-order chi connectivity index (χ1) is 8.95. The van der Waals surface area contributed by atoms with Crippen LogP contribution in [0.5, 0.6) is 0 Å².